The van der Waals surface area contributed by atoms with Gasteiger partial charge < -0.3 is 10.1 Å². The van der Waals surface area contributed by atoms with E-state index in [1.165, 1.54) is 0 Å². The number of Topliss-reactive ketones (excluding diaryl/α,β-unsaturated/α-hetero) is 1. The molecule has 24 heavy (non-hydrogen) atoms. The number of carbonyl (C=O) groups excluding carboxylic acids is 2. The van der Waals surface area contributed by atoms with E-state index in [1.807, 2.05) is 49.4 Å². The lowest BCUT2D eigenvalue weighted by Crippen LogP contribution is -2.30. The molecule has 2 aromatic carbocycles. The van der Waals surface area contributed by atoms with Crippen LogP contribution in [0.4, 0.5) is 0 Å². The normalized spacial score (nSPS) is 15.9. The number of hydrogen-bond donors (Lipinski definition) is 1. The van der Waals surface area contributed by atoms with E-state index in [0.717, 1.165) is 28.9 Å². The van der Waals surface area contributed by atoms with Crippen LogP contribution in [-0.4, -0.2) is 25.3 Å². The maximum Gasteiger partial charge on any atom is 0.228 e. The number of aryl methyl sites for hydroxylation is 1. The van der Waals surface area contributed by atoms with E-state index in [0.29, 0.717) is 12.1 Å². The summed E-state index contributed by atoms with van der Waals surface area (Å²) in [5.41, 5.74) is 3.73. The lowest BCUT2D eigenvalue weighted by molar-refractivity contribution is -0.122. The van der Waals surface area contributed by atoms with Crippen LogP contribution in [0.1, 0.15) is 39.4 Å². The van der Waals surface area contributed by atoms with Crippen molar-refractivity contribution in [3.05, 3.63) is 64.7 Å². The summed E-state index contributed by atoms with van der Waals surface area (Å²) in [6.07, 6.45) is 1.02. The molecule has 0 saturated carbocycles. The average molecular weight is 323 g/mol. The van der Waals surface area contributed by atoms with Crippen molar-refractivity contribution in [1.82, 2.24) is 5.32 Å². The van der Waals surface area contributed by atoms with Crippen molar-refractivity contribution in [2.75, 3.05) is 13.7 Å². The highest BCUT2D eigenvalue weighted by molar-refractivity contribution is 6.07. The van der Waals surface area contributed by atoms with Crippen molar-refractivity contribution in [3.8, 4) is 5.75 Å². The molecule has 2 aromatic rings. The van der Waals surface area contributed by atoms with E-state index in [1.54, 1.807) is 7.11 Å². The third kappa shape index (κ3) is 3.18. The zero-order chi connectivity index (χ0) is 17.1. The second kappa shape index (κ2) is 6.87. The fourth-order valence-corrected chi connectivity index (χ4v) is 3.25. The van der Waals surface area contributed by atoms with E-state index in [2.05, 4.69) is 5.32 Å². The third-order valence-corrected chi connectivity index (χ3v) is 4.55. The highest BCUT2D eigenvalue weighted by Crippen LogP contribution is 2.35. The topological polar surface area (TPSA) is 55.4 Å². The number of hydrogen-bond acceptors (Lipinski definition) is 3. The van der Waals surface area contributed by atoms with Crippen molar-refractivity contribution in [2.24, 2.45) is 0 Å². The van der Waals surface area contributed by atoms with Crippen molar-refractivity contribution in [2.45, 2.75) is 25.7 Å². The Bertz CT molecular complexity index is 765. The van der Waals surface area contributed by atoms with Crippen LogP contribution >= 0.6 is 0 Å². The number of methoxy groups -OCH3 is 1. The molecule has 1 N–H and O–H groups in total. The van der Waals surface area contributed by atoms with Gasteiger partial charge in [-0.05, 0) is 42.2 Å². The van der Waals surface area contributed by atoms with Gasteiger partial charge in [0.2, 0.25) is 5.91 Å². The van der Waals surface area contributed by atoms with Gasteiger partial charge in [0.25, 0.3) is 0 Å². The quantitative estimate of drug-likeness (QED) is 0.920. The zero-order valence-corrected chi connectivity index (χ0v) is 14.0. The number of fused-ring (bicyclic) bond motifs is 1. The standard InChI is InChI=1S/C20H21NO3/c1-13-4-3-5-16-18(22)12-17(19(13)16)20(23)21-11-10-14-6-8-15(24-2)9-7-14/h3-9,17H,10-12H2,1-2H3,(H,21,23). The van der Waals surface area contributed by atoms with Crippen LogP contribution < -0.4 is 10.1 Å². The molecule has 0 spiro atoms. The van der Waals surface area contributed by atoms with Gasteiger partial charge in [0.05, 0.1) is 13.0 Å². The summed E-state index contributed by atoms with van der Waals surface area (Å²) in [6.45, 7) is 2.51. The number of nitrogens with one attached hydrogen (secondary N) is 1. The number of carbonyl (C=O) groups is 2. The molecule has 0 heterocycles. The number of benzene rings is 2. The maximum atomic E-state index is 12.5. The molecular formula is C20H21NO3. The second-order valence-corrected chi connectivity index (χ2v) is 6.11. The highest BCUT2D eigenvalue weighted by Gasteiger charge is 2.35. The number of ketones is 1. The smallest absolute Gasteiger partial charge is 0.228 e. The number of rotatable bonds is 5. The molecular weight excluding hydrogens is 302 g/mol. The molecule has 0 aliphatic heterocycles. The lowest BCUT2D eigenvalue weighted by Gasteiger charge is -2.13. The van der Waals surface area contributed by atoms with Crippen LogP contribution in [0.25, 0.3) is 0 Å². The lowest BCUT2D eigenvalue weighted by atomic mass is 9.96. The number of amides is 1. The maximum absolute atomic E-state index is 12.5. The summed E-state index contributed by atoms with van der Waals surface area (Å²) in [6, 6.07) is 13.4. The average Bonchev–Trinajstić information content (AvgIpc) is 2.94. The Balaban J connectivity index is 1.61. The van der Waals surface area contributed by atoms with Crippen molar-refractivity contribution >= 4 is 11.7 Å². The molecule has 1 aliphatic carbocycles. The van der Waals surface area contributed by atoms with E-state index in [4.69, 9.17) is 4.74 Å². The van der Waals surface area contributed by atoms with Gasteiger partial charge >= 0.3 is 0 Å². The van der Waals surface area contributed by atoms with E-state index in [-0.39, 0.29) is 24.0 Å². The summed E-state index contributed by atoms with van der Waals surface area (Å²) in [4.78, 5) is 24.6. The van der Waals surface area contributed by atoms with Crippen LogP contribution in [0.2, 0.25) is 0 Å². The summed E-state index contributed by atoms with van der Waals surface area (Å²) in [5, 5.41) is 2.97. The first-order chi connectivity index (χ1) is 11.6. The predicted octanol–water partition coefficient (Wildman–Crippen LogP) is 3.03. The molecule has 0 fully saturated rings. The van der Waals surface area contributed by atoms with Crippen molar-refractivity contribution < 1.29 is 14.3 Å². The minimum atomic E-state index is -0.357. The summed E-state index contributed by atoms with van der Waals surface area (Å²) in [7, 11) is 1.64. The van der Waals surface area contributed by atoms with Gasteiger partial charge in [-0.3, -0.25) is 9.59 Å². The fraction of sp³-hybridized carbons (Fsp3) is 0.300. The van der Waals surface area contributed by atoms with Crippen molar-refractivity contribution in [3.63, 3.8) is 0 Å². The molecule has 1 aliphatic rings. The molecule has 3 rings (SSSR count). The summed E-state index contributed by atoms with van der Waals surface area (Å²) >= 11 is 0. The number of ether oxygens (including phenoxy) is 1. The molecule has 0 radical (unpaired) electrons. The largest absolute Gasteiger partial charge is 0.497 e. The van der Waals surface area contributed by atoms with Gasteiger partial charge in [0.15, 0.2) is 5.78 Å². The Morgan fingerprint density at radius 3 is 2.67 bits per heavy atom. The van der Waals surface area contributed by atoms with Gasteiger partial charge in [-0.1, -0.05) is 30.3 Å². The molecule has 0 aromatic heterocycles. The van der Waals surface area contributed by atoms with Gasteiger partial charge in [-0.2, -0.15) is 0 Å². The Hall–Kier alpha value is -2.62. The van der Waals surface area contributed by atoms with Crippen LogP contribution in [0, 0.1) is 6.92 Å². The van der Waals surface area contributed by atoms with E-state index < -0.39 is 0 Å². The molecule has 1 atom stereocenters. The van der Waals surface area contributed by atoms with E-state index in [9.17, 15) is 9.59 Å². The van der Waals surface area contributed by atoms with Gasteiger partial charge in [0.1, 0.15) is 5.75 Å². The first-order valence-corrected chi connectivity index (χ1v) is 8.13. The molecule has 124 valence electrons. The monoisotopic (exact) mass is 323 g/mol. The second-order valence-electron chi connectivity index (χ2n) is 6.11. The van der Waals surface area contributed by atoms with Crippen LogP contribution in [0.15, 0.2) is 42.5 Å². The Morgan fingerprint density at radius 1 is 1.21 bits per heavy atom. The zero-order valence-electron chi connectivity index (χ0n) is 14.0. The van der Waals surface area contributed by atoms with Gasteiger partial charge in [-0.15, -0.1) is 0 Å². The first kappa shape index (κ1) is 16.2. The minimum Gasteiger partial charge on any atom is -0.497 e. The minimum absolute atomic E-state index is 0.0593. The van der Waals surface area contributed by atoms with Crippen LogP contribution in [0.5, 0.6) is 5.75 Å². The van der Waals surface area contributed by atoms with Gasteiger partial charge in [0, 0.05) is 18.5 Å². The SMILES string of the molecule is COc1ccc(CCNC(=O)C2CC(=O)c3cccc(C)c32)cc1. The Morgan fingerprint density at radius 2 is 1.96 bits per heavy atom. The Kier molecular flexibility index (Phi) is 4.65. The molecule has 0 saturated heterocycles. The molecule has 1 amide bonds. The third-order valence-electron chi connectivity index (χ3n) is 4.55. The van der Waals surface area contributed by atoms with Crippen molar-refractivity contribution in [1.29, 1.82) is 0 Å². The summed E-state index contributed by atoms with van der Waals surface area (Å²) < 4.78 is 5.13. The first-order valence-electron chi connectivity index (χ1n) is 8.13. The summed E-state index contributed by atoms with van der Waals surface area (Å²) in [5.74, 6) is 0.456. The predicted molar refractivity (Wildman–Crippen MR) is 92.6 cm³/mol. The highest BCUT2D eigenvalue weighted by atomic mass is 16.5. The Labute approximate surface area is 141 Å². The molecule has 1 unspecified atom stereocenters. The molecule has 0 bridgehead atoms. The molecule has 4 heteroatoms. The van der Waals surface area contributed by atoms with E-state index >= 15 is 0 Å². The molecule has 4 nitrogen and oxygen atoms in total. The van der Waals surface area contributed by atoms with Crippen LogP contribution in [0.3, 0.4) is 0 Å². The fourth-order valence-electron chi connectivity index (χ4n) is 3.25. The van der Waals surface area contributed by atoms with Crippen LogP contribution in [-0.2, 0) is 11.2 Å². The van der Waals surface area contributed by atoms with Gasteiger partial charge in [-0.25, -0.2) is 0 Å².